The summed E-state index contributed by atoms with van der Waals surface area (Å²) in [5.41, 5.74) is -0.0200. The molecule has 1 saturated carbocycles. The molecule has 0 unspecified atom stereocenters. The Kier molecular flexibility index (Phi) is 5.57. The zero-order chi connectivity index (χ0) is 17.1. The molecule has 0 aromatic heterocycles. The van der Waals surface area contributed by atoms with Gasteiger partial charge in [0.05, 0.1) is 12.2 Å². The van der Waals surface area contributed by atoms with Gasteiger partial charge in [0.25, 0.3) is 0 Å². The first-order chi connectivity index (χ1) is 10.6. The van der Waals surface area contributed by atoms with Crippen molar-refractivity contribution in [1.29, 1.82) is 0 Å². The molecule has 0 aliphatic heterocycles. The monoisotopic (exact) mass is 341 g/mol. The van der Waals surface area contributed by atoms with Crippen molar-refractivity contribution in [3.05, 3.63) is 35.4 Å². The fourth-order valence-electron chi connectivity index (χ4n) is 2.23. The molecule has 0 atom stereocenters. The van der Waals surface area contributed by atoms with Gasteiger partial charge in [-0.1, -0.05) is 12.1 Å². The van der Waals surface area contributed by atoms with Crippen molar-refractivity contribution in [3.63, 3.8) is 0 Å². The van der Waals surface area contributed by atoms with Crippen LogP contribution >= 0.6 is 0 Å². The summed E-state index contributed by atoms with van der Waals surface area (Å²) in [7, 11) is 0. The highest BCUT2D eigenvalue weighted by Gasteiger charge is 2.32. The van der Waals surface area contributed by atoms with Gasteiger partial charge >= 0.3 is 12.4 Å². The molecule has 0 spiro atoms. The molecule has 23 heavy (non-hydrogen) atoms. The molecule has 0 bridgehead atoms. The molecule has 0 radical (unpaired) electrons. The quantitative estimate of drug-likeness (QED) is 0.543. The molecule has 1 fully saturated rings. The van der Waals surface area contributed by atoms with Crippen LogP contribution in [0, 0.1) is 0 Å². The van der Waals surface area contributed by atoms with Gasteiger partial charge in [0.2, 0.25) is 0 Å². The van der Waals surface area contributed by atoms with Crippen molar-refractivity contribution in [2.45, 2.75) is 37.8 Å². The Morgan fingerprint density at radius 3 is 2.09 bits per heavy atom. The molecule has 130 valence electrons. The van der Waals surface area contributed by atoms with Crippen molar-refractivity contribution < 1.29 is 31.1 Å². The van der Waals surface area contributed by atoms with Crippen LogP contribution in [-0.2, 0) is 17.5 Å². The predicted molar refractivity (Wildman–Crippen MR) is 71.8 cm³/mol. The summed E-state index contributed by atoms with van der Waals surface area (Å²) in [5, 5.41) is 0. The standard InChI is InChI=1S/C15H17F6NO/c16-14(17,18)10-23-8-7-22(13-5-6-13)9-11-1-3-12(4-2-11)15(19,20)21/h1-4,13H,5-10H2. The number of alkyl halides is 6. The molecule has 1 aliphatic carbocycles. The minimum absolute atomic E-state index is 0.0589. The second kappa shape index (κ2) is 7.09. The fraction of sp³-hybridized carbons (Fsp3) is 0.600. The molecule has 8 heteroatoms. The van der Waals surface area contributed by atoms with Gasteiger partial charge in [0.15, 0.2) is 0 Å². The SMILES string of the molecule is FC(F)(F)COCCN(Cc1ccc(C(F)(F)F)cc1)C1CC1. The van der Waals surface area contributed by atoms with Gasteiger partial charge in [0, 0.05) is 19.1 Å². The van der Waals surface area contributed by atoms with Crippen LogP contribution < -0.4 is 0 Å². The van der Waals surface area contributed by atoms with E-state index in [1.807, 2.05) is 4.90 Å². The average molecular weight is 341 g/mol. The molecule has 0 amide bonds. The molecule has 1 aliphatic rings. The first-order valence-electron chi connectivity index (χ1n) is 7.20. The molecular weight excluding hydrogens is 324 g/mol. The largest absolute Gasteiger partial charge is 0.416 e. The maximum absolute atomic E-state index is 12.5. The fourth-order valence-corrected chi connectivity index (χ4v) is 2.23. The van der Waals surface area contributed by atoms with E-state index in [0.29, 0.717) is 18.7 Å². The highest BCUT2D eigenvalue weighted by molar-refractivity contribution is 5.24. The first kappa shape index (κ1) is 18.1. The third kappa shape index (κ3) is 6.39. The van der Waals surface area contributed by atoms with E-state index in [0.717, 1.165) is 25.0 Å². The van der Waals surface area contributed by atoms with Gasteiger partial charge in [-0.3, -0.25) is 4.90 Å². The van der Waals surface area contributed by atoms with Crippen LogP contribution in [0.25, 0.3) is 0 Å². The Bertz CT molecular complexity index is 492. The van der Waals surface area contributed by atoms with Crippen LogP contribution in [0.5, 0.6) is 0 Å². The third-order valence-electron chi connectivity index (χ3n) is 3.52. The van der Waals surface area contributed by atoms with E-state index in [2.05, 4.69) is 4.74 Å². The minimum atomic E-state index is -4.37. The Labute approximate surface area is 130 Å². The van der Waals surface area contributed by atoms with E-state index in [1.54, 1.807) is 0 Å². The lowest BCUT2D eigenvalue weighted by Crippen LogP contribution is -2.30. The van der Waals surface area contributed by atoms with E-state index in [1.165, 1.54) is 12.1 Å². The maximum atomic E-state index is 12.5. The lowest BCUT2D eigenvalue weighted by Gasteiger charge is -2.22. The number of hydrogen-bond acceptors (Lipinski definition) is 2. The Hall–Kier alpha value is -1.28. The molecule has 1 aromatic rings. The second-order valence-electron chi connectivity index (χ2n) is 5.56. The zero-order valence-electron chi connectivity index (χ0n) is 12.3. The van der Waals surface area contributed by atoms with Crippen LogP contribution in [0.3, 0.4) is 0 Å². The number of ether oxygens (including phenoxy) is 1. The molecular formula is C15H17F6NO. The van der Waals surface area contributed by atoms with Crippen molar-refractivity contribution in [2.75, 3.05) is 19.8 Å². The third-order valence-corrected chi connectivity index (χ3v) is 3.52. The van der Waals surface area contributed by atoms with Gasteiger partial charge in [-0.05, 0) is 30.5 Å². The van der Waals surface area contributed by atoms with Crippen molar-refractivity contribution in [3.8, 4) is 0 Å². The molecule has 2 rings (SSSR count). The summed E-state index contributed by atoms with van der Waals surface area (Å²) in [6, 6.07) is 5.09. The number of halogens is 6. The number of rotatable bonds is 7. The van der Waals surface area contributed by atoms with E-state index >= 15 is 0 Å². The lowest BCUT2D eigenvalue weighted by molar-refractivity contribution is -0.174. The maximum Gasteiger partial charge on any atom is 0.416 e. The van der Waals surface area contributed by atoms with Crippen molar-refractivity contribution in [1.82, 2.24) is 4.90 Å². The van der Waals surface area contributed by atoms with Crippen LogP contribution in [0.4, 0.5) is 26.3 Å². The topological polar surface area (TPSA) is 12.5 Å². The highest BCUT2D eigenvalue weighted by atomic mass is 19.4. The molecule has 0 saturated heterocycles. The summed E-state index contributed by atoms with van der Waals surface area (Å²) < 4.78 is 78.1. The molecule has 1 aromatic carbocycles. The van der Waals surface area contributed by atoms with Crippen LogP contribution in [0.1, 0.15) is 24.0 Å². The number of hydrogen-bond donors (Lipinski definition) is 0. The van der Waals surface area contributed by atoms with Crippen molar-refractivity contribution in [2.24, 2.45) is 0 Å². The Morgan fingerprint density at radius 1 is 1.00 bits per heavy atom. The van der Waals surface area contributed by atoms with Gasteiger partial charge in [-0.2, -0.15) is 26.3 Å². The Balaban J connectivity index is 1.85. The number of benzene rings is 1. The minimum Gasteiger partial charge on any atom is -0.371 e. The van der Waals surface area contributed by atoms with Gasteiger partial charge in [-0.15, -0.1) is 0 Å². The van der Waals surface area contributed by atoms with Crippen molar-refractivity contribution >= 4 is 0 Å². The van der Waals surface area contributed by atoms with Gasteiger partial charge < -0.3 is 4.74 Å². The van der Waals surface area contributed by atoms with E-state index < -0.39 is 24.5 Å². The predicted octanol–water partition coefficient (Wildman–Crippen LogP) is 4.25. The summed E-state index contributed by atoms with van der Waals surface area (Å²) >= 11 is 0. The van der Waals surface area contributed by atoms with Gasteiger partial charge in [-0.25, -0.2) is 0 Å². The molecule has 2 nitrogen and oxygen atoms in total. The lowest BCUT2D eigenvalue weighted by atomic mass is 10.1. The summed E-state index contributed by atoms with van der Waals surface area (Å²) in [6.07, 6.45) is -6.84. The van der Waals surface area contributed by atoms with E-state index in [4.69, 9.17) is 0 Å². The zero-order valence-corrected chi connectivity index (χ0v) is 12.3. The summed E-state index contributed by atoms with van der Waals surface area (Å²) in [5.74, 6) is 0. The number of nitrogens with zero attached hydrogens (tertiary/aromatic N) is 1. The first-order valence-corrected chi connectivity index (χ1v) is 7.20. The van der Waals surface area contributed by atoms with Gasteiger partial charge in [0.1, 0.15) is 6.61 Å². The van der Waals surface area contributed by atoms with Crippen LogP contribution in [-0.4, -0.2) is 36.9 Å². The normalized spacial score (nSPS) is 16.1. The summed E-state index contributed by atoms with van der Waals surface area (Å²) in [6.45, 7) is -0.623. The summed E-state index contributed by atoms with van der Waals surface area (Å²) in [4.78, 5) is 1.94. The molecule has 0 heterocycles. The average Bonchev–Trinajstić information content (AvgIpc) is 3.25. The Morgan fingerprint density at radius 2 is 1.61 bits per heavy atom. The van der Waals surface area contributed by atoms with E-state index in [9.17, 15) is 26.3 Å². The van der Waals surface area contributed by atoms with E-state index in [-0.39, 0.29) is 12.6 Å². The highest BCUT2D eigenvalue weighted by Crippen LogP contribution is 2.31. The second-order valence-corrected chi connectivity index (χ2v) is 5.56. The van der Waals surface area contributed by atoms with Crippen LogP contribution in [0.15, 0.2) is 24.3 Å². The smallest absolute Gasteiger partial charge is 0.371 e. The van der Waals surface area contributed by atoms with Crippen LogP contribution in [0.2, 0.25) is 0 Å². The molecule has 0 N–H and O–H groups in total.